The zero-order valence-corrected chi connectivity index (χ0v) is 20.6. The highest BCUT2D eigenvalue weighted by Crippen LogP contribution is 2.46. The first-order valence-electron chi connectivity index (χ1n) is 12.0. The molecular weight excluding hydrogens is 400 g/mol. The molecule has 0 radical (unpaired) electrons. The Labute approximate surface area is 188 Å². The van der Waals surface area contributed by atoms with Gasteiger partial charge in [0, 0.05) is 6.61 Å². The van der Waals surface area contributed by atoms with Crippen molar-refractivity contribution in [2.75, 3.05) is 26.4 Å². The van der Waals surface area contributed by atoms with Crippen LogP contribution in [0.2, 0.25) is 0 Å². The second-order valence-electron chi connectivity index (χ2n) is 7.78. The fourth-order valence-corrected chi connectivity index (χ4v) is 3.66. The Morgan fingerprint density at radius 3 is 1.52 bits per heavy atom. The topological polar surface area (TPSA) is 88.1 Å². The van der Waals surface area contributed by atoms with E-state index in [-0.39, 0.29) is 45.7 Å². The predicted octanol–water partition coefficient (Wildman–Crippen LogP) is 4.99. The summed E-state index contributed by atoms with van der Waals surface area (Å²) in [6, 6.07) is 0. The van der Waals surface area contributed by atoms with E-state index in [4.69, 9.17) is 18.9 Å². The minimum absolute atomic E-state index is 0.134. The molecule has 0 aromatic carbocycles. The molecule has 0 fully saturated rings. The molecular formula is C24H44O7. The molecule has 0 rings (SSSR count). The SMILES string of the molecule is CCCCOC(=O)CC(OCC)(C(=O)OCCCC)C(CC)(CC)C(=O)OCCCC. The summed E-state index contributed by atoms with van der Waals surface area (Å²) in [7, 11) is 0. The number of hydrogen-bond acceptors (Lipinski definition) is 7. The molecule has 0 saturated carbocycles. The molecule has 0 aromatic rings. The van der Waals surface area contributed by atoms with Gasteiger partial charge in [0.1, 0.15) is 5.41 Å². The molecule has 0 heterocycles. The number of unbranched alkanes of at least 4 members (excludes halogenated alkanes) is 3. The number of ether oxygens (including phenoxy) is 4. The molecule has 0 aliphatic heterocycles. The number of rotatable bonds is 18. The molecule has 7 heteroatoms. The minimum Gasteiger partial charge on any atom is -0.466 e. The summed E-state index contributed by atoms with van der Waals surface area (Å²) in [6.07, 6.45) is 4.86. The average molecular weight is 445 g/mol. The second kappa shape index (κ2) is 16.1. The molecule has 0 saturated heterocycles. The van der Waals surface area contributed by atoms with Crippen molar-refractivity contribution in [3.8, 4) is 0 Å². The van der Waals surface area contributed by atoms with Gasteiger partial charge in [-0.1, -0.05) is 53.9 Å². The highest BCUT2D eigenvalue weighted by atomic mass is 16.6. The zero-order valence-electron chi connectivity index (χ0n) is 20.6. The van der Waals surface area contributed by atoms with E-state index in [9.17, 15) is 14.4 Å². The molecule has 0 aliphatic rings. The Kier molecular flexibility index (Phi) is 15.2. The molecule has 0 bridgehead atoms. The van der Waals surface area contributed by atoms with Crippen molar-refractivity contribution in [3.63, 3.8) is 0 Å². The third kappa shape index (κ3) is 8.09. The van der Waals surface area contributed by atoms with E-state index < -0.39 is 28.9 Å². The number of hydrogen-bond donors (Lipinski definition) is 0. The molecule has 0 aliphatic carbocycles. The maximum atomic E-state index is 13.4. The van der Waals surface area contributed by atoms with Gasteiger partial charge in [-0.05, 0) is 39.0 Å². The van der Waals surface area contributed by atoms with Crippen LogP contribution in [0.1, 0.15) is 99.3 Å². The summed E-state index contributed by atoms with van der Waals surface area (Å²) >= 11 is 0. The summed E-state index contributed by atoms with van der Waals surface area (Å²) < 4.78 is 22.4. The van der Waals surface area contributed by atoms with Crippen LogP contribution < -0.4 is 0 Å². The lowest BCUT2D eigenvalue weighted by atomic mass is 9.66. The molecule has 7 nitrogen and oxygen atoms in total. The highest BCUT2D eigenvalue weighted by Gasteiger charge is 2.63. The van der Waals surface area contributed by atoms with Gasteiger partial charge in [0.15, 0.2) is 5.60 Å². The third-order valence-electron chi connectivity index (χ3n) is 5.71. The zero-order chi connectivity index (χ0) is 23.8. The summed E-state index contributed by atoms with van der Waals surface area (Å²) in [5.74, 6) is -1.82. The third-order valence-corrected chi connectivity index (χ3v) is 5.71. The summed E-state index contributed by atoms with van der Waals surface area (Å²) in [5, 5.41) is 0. The number of carbonyl (C=O) groups is 3. The van der Waals surface area contributed by atoms with Crippen LogP contribution in [0.4, 0.5) is 0 Å². The van der Waals surface area contributed by atoms with Gasteiger partial charge in [-0.2, -0.15) is 0 Å². The average Bonchev–Trinajstić information content (AvgIpc) is 2.75. The van der Waals surface area contributed by atoms with Crippen molar-refractivity contribution in [2.24, 2.45) is 5.41 Å². The van der Waals surface area contributed by atoms with Gasteiger partial charge >= 0.3 is 17.9 Å². The van der Waals surface area contributed by atoms with E-state index in [1.165, 1.54) is 0 Å². The van der Waals surface area contributed by atoms with E-state index in [1.807, 2.05) is 20.8 Å². The highest BCUT2D eigenvalue weighted by molar-refractivity contribution is 5.94. The van der Waals surface area contributed by atoms with E-state index in [1.54, 1.807) is 20.8 Å². The lowest BCUT2D eigenvalue weighted by Gasteiger charge is -2.45. The second-order valence-corrected chi connectivity index (χ2v) is 7.78. The van der Waals surface area contributed by atoms with E-state index >= 15 is 0 Å². The largest absolute Gasteiger partial charge is 0.466 e. The summed E-state index contributed by atoms with van der Waals surface area (Å²) in [5.41, 5.74) is -3.16. The number of carbonyl (C=O) groups excluding carboxylic acids is 3. The van der Waals surface area contributed by atoms with Gasteiger partial charge in [0.2, 0.25) is 0 Å². The van der Waals surface area contributed by atoms with Gasteiger partial charge in [-0.25, -0.2) is 4.79 Å². The Bertz CT molecular complexity index is 528. The minimum atomic E-state index is -1.80. The van der Waals surface area contributed by atoms with Gasteiger partial charge in [-0.3, -0.25) is 9.59 Å². The van der Waals surface area contributed by atoms with Crippen molar-refractivity contribution in [2.45, 2.75) is 105 Å². The van der Waals surface area contributed by atoms with Crippen LogP contribution in [0.3, 0.4) is 0 Å². The molecule has 182 valence electrons. The smallest absolute Gasteiger partial charge is 0.340 e. The van der Waals surface area contributed by atoms with Crippen molar-refractivity contribution in [3.05, 3.63) is 0 Å². The Hall–Kier alpha value is -1.63. The van der Waals surface area contributed by atoms with Crippen LogP contribution in [-0.2, 0) is 33.3 Å². The van der Waals surface area contributed by atoms with Crippen LogP contribution in [0.15, 0.2) is 0 Å². The molecule has 0 amide bonds. The first-order chi connectivity index (χ1) is 14.8. The normalized spacial score (nSPS) is 13.4. The summed E-state index contributed by atoms with van der Waals surface area (Å²) in [4.78, 5) is 39.5. The van der Waals surface area contributed by atoms with Crippen LogP contribution in [0.5, 0.6) is 0 Å². The van der Waals surface area contributed by atoms with E-state index in [0.29, 0.717) is 6.42 Å². The first-order valence-corrected chi connectivity index (χ1v) is 12.0. The molecule has 0 aromatic heterocycles. The fraction of sp³-hybridized carbons (Fsp3) is 0.875. The lowest BCUT2D eigenvalue weighted by Crippen LogP contribution is -2.61. The first kappa shape index (κ1) is 29.4. The predicted molar refractivity (Wildman–Crippen MR) is 120 cm³/mol. The van der Waals surface area contributed by atoms with E-state index in [2.05, 4.69) is 0 Å². The van der Waals surface area contributed by atoms with Crippen molar-refractivity contribution < 1.29 is 33.3 Å². The molecule has 31 heavy (non-hydrogen) atoms. The molecule has 1 unspecified atom stereocenters. The molecule has 0 spiro atoms. The lowest BCUT2D eigenvalue weighted by molar-refractivity contribution is -0.212. The number of esters is 3. The fourth-order valence-electron chi connectivity index (χ4n) is 3.66. The summed E-state index contributed by atoms with van der Waals surface area (Å²) in [6.45, 7) is 12.2. The van der Waals surface area contributed by atoms with Crippen LogP contribution in [0.25, 0.3) is 0 Å². The standard InChI is InChI=1S/C24H44O7/c1-7-13-16-28-20(25)19-24(31-12-6,22(27)30-18-15-9-3)23(10-4,11-5)21(26)29-17-14-8-2/h7-19H2,1-6H3. The van der Waals surface area contributed by atoms with Gasteiger partial charge < -0.3 is 18.9 Å². The molecule has 1 atom stereocenters. The maximum Gasteiger partial charge on any atom is 0.340 e. The van der Waals surface area contributed by atoms with Gasteiger partial charge in [0.25, 0.3) is 0 Å². The van der Waals surface area contributed by atoms with E-state index in [0.717, 1.165) is 32.1 Å². The Morgan fingerprint density at radius 2 is 1.10 bits per heavy atom. The van der Waals surface area contributed by atoms with Crippen molar-refractivity contribution >= 4 is 17.9 Å². The van der Waals surface area contributed by atoms with Gasteiger partial charge in [-0.15, -0.1) is 0 Å². The van der Waals surface area contributed by atoms with Crippen molar-refractivity contribution in [1.29, 1.82) is 0 Å². The van der Waals surface area contributed by atoms with Crippen molar-refractivity contribution in [1.82, 2.24) is 0 Å². The quantitative estimate of drug-likeness (QED) is 0.167. The maximum absolute atomic E-state index is 13.4. The van der Waals surface area contributed by atoms with Crippen LogP contribution >= 0.6 is 0 Å². The molecule has 0 N–H and O–H groups in total. The van der Waals surface area contributed by atoms with Gasteiger partial charge in [0.05, 0.1) is 26.2 Å². The van der Waals surface area contributed by atoms with Crippen LogP contribution in [-0.4, -0.2) is 49.9 Å². The van der Waals surface area contributed by atoms with Crippen LogP contribution in [0, 0.1) is 5.41 Å². The Balaban J connectivity index is 6.20. The Morgan fingerprint density at radius 1 is 0.645 bits per heavy atom. The monoisotopic (exact) mass is 444 g/mol.